The molecule has 0 aliphatic rings. The van der Waals surface area contributed by atoms with Crippen molar-refractivity contribution in [2.24, 2.45) is 0 Å². The highest BCUT2D eigenvalue weighted by Gasteiger charge is 2.01. The lowest BCUT2D eigenvalue weighted by molar-refractivity contribution is 0.624. The van der Waals surface area contributed by atoms with Crippen LogP contribution in [-0.4, -0.2) is 12.6 Å². The van der Waals surface area contributed by atoms with Gasteiger partial charge >= 0.3 is 0 Å². The number of nitrogens with zero attached hydrogens (tertiary/aromatic N) is 1. The average Bonchev–Trinajstić information content (AvgIpc) is 1.90. The van der Waals surface area contributed by atoms with Crippen LogP contribution in [0, 0.1) is 11.3 Å². The minimum Gasteiger partial charge on any atom is -0.297 e. The Kier molecular flexibility index (Phi) is 5.00. The zero-order valence-corrected chi connectivity index (χ0v) is 6.78. The molecule has 1 unspecified atom stereocenters. The Balaban J connectivity index is 3.47. The molecule has 0 aliphatic heterocycles. The number of hydrogen-bond donors (Lipinski definition) is 1. The topological polar surface area (TPSA) is 35.8 Å². The van der Waals surface area contributed by atoms with Gasteiger partial charge in [0.2, 0.25) is 0 Å². The van der Waals surface area contributed by atoms with E-state index in [0.29, 0.717) is 11.6 Å². The Morgan fingerprint density at radius 1 is 1.90 bits per heavy atom. The standard InChI is InChI=1S/C7H11ClN2/c1-3-7(4-9)10-5-6(2)8/h7,10H,2-3,5H2,1H3. The van der Waals surface area contributed by atoms with E-state index in [1.165, 1.54) is 0 Å². The van der Waals surface area contributed by atoms with Crippen molar-refractivity contribution in [1.29, 1.82) is 5.26 Å². The van der Waals surface area contributed by atoms with Gasteiger partial charge in [0.05, 0.1) is 12.1 Å². The molecule has 0 spiro atoms. The van der Waals surface area contributed by atoms with E-state index >= 15 is 0 Å². The molecule has 1 atom stereocenters. The molecule has 56 valence electrons. The van der Waals surface area contributed by atoms with E-state index in [2.05, 4.69) is 18.0 Å². The maximum absolute atomic E-state index is 8.45. The van der Waals surface area contributed by atoms with Gasteiger partial charge in [0.1, 0.15) is 0 Å². The van der Waals surface area contributed by atoms with Gasteiger partial charge in [0, 0.05) is 11.6 Å². The predicted octanol–water partition coefficient (Wildman–Crippen LogP) is 1.63. The fraction of sp³-hybridized carbons (Fsp3) is 0.571. The van der Waals surface area contributed by atoms with Crippen molar-refractivity contribution in [2.45, 2.75) is 19.4 Å². The van der Waals surface area contributed by atoms with Crippen molar-refractivity contribution in [3.8, 4) is 6.07 Å². The summed E-state index contributed by atoms with van der Waals surface area (Å²) in [6.07, 6.45) is 0.792. The third-order valence-electron chi connectivity index (χ3n) is 1.10. The molecule has 0 bridgehead atoms. The Morgan fingerprint density at radius 3 is 2.80 bits per heavy atom. The smallest absolute Gasteiger partial charge is 0.0953 e. The lowest BCUT2D eigenvalue weighted by Gasteiger charge is -2.06. The summed E-state index contributed by atoms with van der Waals surface area (Å²) >= 11 is 5.47. The second-order valence-electron chi connectivity index (χ2n) is 1.99. The van der Waals surface area contributed by atoms with Crippen molar-refractivity contribution in [2.75, 3.05) is 6.54 Å². The quantitative estimate of drug-likeness (QED) is 0.675. The van der Waals surface area contributed by atoms with E-state index in [4.69, 9.17) is 16.9 Å². The van der Waals surface area contributed by atoms with Crippen LogP contribution in [0.15, 0.2) is 11.6 Å². The summed E-state index contributed by atoms with van der Waals surface area (Å²) in [5.41, 5.74) is 0. The Bertz CT molecular complexity index is 148. The second-order valence-corrected chi connectivity index (χ2v) is 2.52. The highest BCUT2D eigenvalue weighted by molar-refractivity contribution is 6.29. The molecule has 0 rings (SSSR count). The number of nitrogens with one attached hydrogen (secondary N) is 1. The van der Waals surface area contributed by atoms with Gasteiger partial charge in [-0.25, -0.2) is 0 Å². The van der Waals surface area contributed by atoms with Crippen LogP contribution < -0.4 is 5.32 Å². The van der Waals surface area contributed by atoms with Crippen LogP contribution >= 0.6 is 11.6 Å². The van der Waals surface area contributed by atoms with Crippen LogP contribution in [0.1, 0.15) is 13.3 Å². The first-order chi connectivity index (χ1) is 4.70. The average molecular weight is 159 g/mol. The van der Waals surface area contributed by atoms with Crippen LogP contribution in [0.5, 0.6) is 0 Å². The van der Waals surface area contributed by atoms with E-state index in [9.17, 15) is 0 Å². The number of rotatable bonds is 4. The molecule has 0 fully saturated rings. The van der Waals surface area contributed by atoms with Gasteiger partial charge in [-0.2, -0.15) is 5.26 Å². The van der Waals surface area contributed by atoms with Crippen molar-refractivity contribution >= 4 is 11.6 Å². The van der Waals surface area contributed by atoms with E-state index in [1.54, 1.807) is 0 Å². The fourth-order valence-electron chi connectivity index (χ4n) is 0.515. The fourth-order valence-corrected chi connectivity index (χ4v) is 0.592. The summed E-state index contributed by atoms with van der Waals surface area (Å²) < 4.78 is 0. The molecule has 0 aromatic heterocycles. The number of halogens is 1. The minimum atomic E-state index is -0.101. The van der Waals surface area contributed by atoms with Crippen LogP contribution in [0.2, 0.25) is 0 Å². The molecular formula is C7H11ClN2. The summed E-state index contributed by atoms with van der Waals surface area (Å²) in [7, 11) is 0. The second kappa shape index (κ2) is 5.28. The van der Waals surface area contributed by atoms with Crippen LogP contribution in [0.25, 0.3) is 0 Å². The normalized spacial score (nSPS) is 12.1. The first-order valence-electron chi connectivity index (χ1n) is 3.17. The van der Waals surface area contributed by atoms with E-state index in [1.807, 2.05) is 6.92 Å². The van der Waals surface area contributed by atoms with Crippen LogP contribution in [-0.2, 0) is 0 Å². The molecule has 0 aliphatic carbocycles. The molecule has 0 saturated carbocycles. The van der Waals surface area contributed by atoms with Crippen molar-refractivity contribution in [1.82, 2.24) is 5.32 Å². The molecule has 10 heavy (non-hydrogen) atoms. The summed E-state index contributed by atoms with van der Waals surface area (Å²) in [6.45, 7) is 5.94. The lowest BCUT2D eigenvalue weighted by Crippen LogP contribution is -2.27. The molecule has 1 N–H and O–H groups in total. The Hall–Kier alpha value is -0.520. The lowest BCUT2D eigenvalue weighted by atomic mass is 10.2. The highest BCUT2D eigenvalue weighted by Crippen LogP contribution is 1.95. The third kappa shape index (κ3) is 4.37. The Morgan fingerprint density at radius 2 is 2.50 bits per heavy atom. The Labute approximate surface area is 66.5 Å². The maximum atomic E-state index is 8.45. The van der Waals surface area contributed by atoms with Gasteiger partial charge in [0.25, 0.3) is 0 Å². The molecule has 0 aromatic rings. The van der Waals surface area contributed by atoms with Crippen molar-refractivity contribution < 1.29 is 0 Å². The minimum absolute atomic E-state index is 0.101. The van der Waals surface area contributed by atoms with Crippen LogP contribution in [0.3, 0.4) is 0 Å². The van der Waals surface area contributed by atoms with Gasteiger partial charge in [-0.15, -0.1) is 0 Å². The molecule has 0 aromatic carbocycles. The zero-order chi connectivity index (χ0) is 7.98. The molecule has 0 amide bonds. The molecule has 0 heterocycles. The number of nitriles is 1. The third-order valence-corrected chi connectivity index (χ3v) is 1.24. The van der Waals surface area contributed by atoms with Gasteiger partial charge in [-0.05, 0) is 6.42 Å². The predicted molar refractivity (Wildman–Crippen MR) is 42.7 cm³/mol. The van der Waals surface area contributed by atoms with Crippen LogP contribution in [0.4, 0.5) is 0 Å². The molecule has 2 nitrogen and oxygen atoms in total. The van der Waals surface area contributed by atoms with E-state index < -0.39 is 0 Å². The largest absolute Gasteiger partial charge is 0.297 e. The van der Waals surface area contributed by atoms with Crippen molar-refractivity contribution in [3.63, 3.8) is 0 Å². The summed E-state index contributed by atoms with van der Waals surface area (Å²) in [5, 5.41) is 11.9. The maximum Gasteiger partial charge on any atom is 0.0953 e. The monoisotopic (exact) mass is 158 g/mol. The van der Waals surface area contributed by atoms with Crippen molar-refractivity contribution in [3.05, 3.63) is 11.6 Å². The van der Waals surface area contributed by atoms with Gasteiger partial charge in [0.15, 0.2) is 0 Å². The molecule has 3 heteroatoms. The van der Waals surface area contributed by atoms with Gasteiger partial charge in [-0.1, -0.05) is 25.1 Å². The zero-order valence-electron chi connectivity index (χ0n) is 6.02. The van der Waals surface area contributed by atoms with Gasteiger partial charge in [-0.3, -0.25) is 5.32 Å². The van der Waals surface area contributed by atoms with E-state index in [-0.39, 0.29) is 6.04 Å². The van der Waals surface area contributed by atoms with E-state index in [0.717, 1.165) is 6.42 Å². The number of hydrogen-bond acceptors (Lipinski definition) is 2. The molecule has 0 saturated heterocycles. The summed E-state index contributed by atoms with van der Waals surface area (Å²) in [4.78, 5) is 0. The highest BCUT2D eigenvalue weighted by atomic mass is 35.5. The summed E-state index contributed by atoms with van der Waals surface area (Å²) in [5.74, 6) is 0. The first kappa shape index (κ1) is 9.48. The SMILES string of the molecule is C=C(Cl)CNC(C#N)CC. The molecular weight excluding hydrogens is 148 g/mol. The van der Waals surface area contributed by atoms with Gasteiger partial charge < -0.3 is 0 Å². The first-order valence-corrected chi connectivity index (χ1v) is 3.54. The summed E-state index contributed by atoms with van der Waals surface area (Å²) in [6, 6.07) is 1.99. The molecule has 0 radical (unpaired) electrons.